The van der Waals surface area contributed by atoms with Gasteiger partial charge in [0.2, 0.25) is 0 Å². The van der Waals surface area contributed by atoms with E-state index in [0.29, 0.717) is 12.6 Å². The molecule has 1 heterocycles. The minimum atomic E-state index is -0.887. The van der Waals surface area contributed by atoms with Crippen LogP contribution in [0.25, 0.3) is 0 Å². The van der Waals surface area contributed by atoms with Crippen molar-refractivity contribution in [2.45, 2.75) is 25.3 Å². The van der Waals surface area contributed by atoms with Crippen LogP contribution in [0.15, 0.2) is 23.6 Å². The molecule has 3 nitrogen and oxygen atoms in total. The van der Waals surface area contributed by atoms with E-state index in [1.54, 1.807) is 6.08 Å². The Balaban J connectivity index is 1.90. The molecule has 1 aromatic rings. The summed E-state index contributed by atoms with van der Waals surface area (Å²) in [6.07, 6.45) is 6.39. The van der Waals surface area contributed by atoms with E-state index in [9.17, 15) is 4.79 Å². The van der Waals surface area contributed by atoms with E-state index in [1.807, 2.05) is 11.3 Å². The molecule has 0 amide bonds. The van der Waals surface area contributed by atoms with Crippen LogP contribution in [-0.4, -0.2) is 17.6 Å². The topological polar surface area (TPSA) is 49.3 Å². The van der Waals surface area contributed by atoms with E-state index in [1.165, 1.54) is 29.4 Å². The monoisotopic (exact) mass is 237 g/mol. The predicted octanol–water partition coefficient (Wildman–Crippen LogP) is 2.36. The van der Waals surface area contributed by atoms with Gasteiger partial charge in [0.1, 0.15) is 0 Å². The normalized spacial score (nSPS) is 19.9. The fraction of sp³-hybridized carbons (Fsp3) is 0.417. The van der Waals surface area contributed by atoms with Crippen LogP contribution in [0.2, 0.25) is 0 Å². The van der Waals surface area contributed by atoms with Crippen LogP contribution in [0.1, 0.15) is 29.3 Å². The van der Waals surface area contributed by atoms with Crippen LogP contribution >= 0.6 is 11.3 Å². The number of thiophene rings is 1. The first-order valence-electron chi connectivity index (χ1n) is 5.46. The molecule has 86 valence electrons. The van der Waals surface area contributed by atoms with Crippen LogP contribution in [-0.2, 0) is 11.2 Å². The van der Waals surface area contributed by atoms with Crippen molar-refractivity contribution in [2.24, 2.45) is 0 Å². The molecular formula is C12H15NO2S. The molecule has 1 unspecified atom stereocenters. The minimum Gasteiger partial charge on any atom is -0.478 e. The lowest BCUT2D eigenvalue weighted by Crippen LogP contribution is -2.24. The highest BCUT2D eigenvalue weighted by atomic mass is 32.1. The number of carbonyl (C=O) groups is 1. The zero-order valence-corrected chi connectivity index (χ0v) is 9.80. The Morgan fingerprint density at radius 1 is 1.69 bits per heavy atom. The molecule has 2 N–H and O–H groups in total. The molecule has 0 spiro atoms. The predicted molar refractivity (Wildman–Crippen MR) is 64.8 cm³/mol. The molecule has 16 heavy (non-hydrogen) atoms. The van der Waals surface area contributed by atoms with Gasteiger partial charge in [0.25, 0.3) is 0 Å². The van der Waals surface area contributed by atoms with Crippen molar-refractivity contribution in [3.05, 3.63) is 34.0 Å². The van der Waals surface area contributed by atoms with Crippen molar-refractivity contribution in [1.29, 1.82) is 0 Å². The van der Waals surface area contributed by atoms with E-state index in [2.05, 4.69) is 16.8 Å². The zero-order chi connectivity index (χ0) is 11.4. The Morgan fingerprint density at radius 2 is 2.56 bits per heavy atom. The first kappa shape index (κ1) is 11.4. The number of carboxylic acids is 1. The van der Waals surface area contributed by atoms with Gasteiger partial charge in [-0.2, -0.15) is 0 Å². The van der Waals surface area contributed by atoms with Gasteiger partial charge >= 0.3 is 5.97 Å². The Hall–Kier alpha value is -1.13. The van der Waals surface area contributed by atoms with Crippen LogP contribution in [0, 0.1) is 0 Å². The van der Waals surface area contributed by atoms with E-state index >= 15 is 0 Å². The van der Waals surface area contributed by atoms with Crippen molar-refractivity contribution in [3.63, 3.8) is 0 Å². The average molecular weight is 237 g/mol. The summed E-state index contributed by atoms with van der Waals surface area (Å²) in [6, 6.07) is 2.58. The Morgan fingerprint density at radius 3 is 3.38 bits per heavy atom. The lowest BCUT2D eigenvalue weighted by Gasteiger charge is -2.23. The number of fused-ring (bicyclic) bond motifs is 1. The fourth-order valence-electron chi connectivity index (χ4n) is 2.07. The third kappa shape index (κ3) is 2.71. The first-order chi connectivity index (χ1) is 7.77. The minimum absolute atomic E-state index is 0.397. The molecule has 1 atom stereocenters. The van der Waals surface area contributed by atoms with Crippen molar-refractivity contribution in [1.82, 2.24) is 5.32 Å². The Bertz CT molecular complexity index is 397. The molecule has 0 bridgehead atoms. The number of aryl methyl sites for hydroxylation is 1. The molecule has 0 fully saturated rings. The lowest BCUT2D eigenvalue weighted by atomic mass is 9.94. The summed E-state index contributed by atoms with van der Waals surface area (Å²) < 4.78 is 0. The third-order valence-electron chi connectivity index (χ3n) is 2.79. The SMILES string of the molecule is O=C(O)/C=C/CNC1CCCc2sccc21. The highest BCUT2D eigenvalue weighted by molar-refractivity contribution is 7.10. The molecule has 0 aromatic carbocycles. The number of carboxylic acid groups (broad SMARTS) is 1. The van der Waals surface area contributed by atoms with Gasteiger partial charge in [-0.25, -0.2) is 4.79 Å². The molecular weight excluding hydrogens is 222 g/mol. The third-order valence-corrected chi connectivity index (χ3v) is 3.79. The van der Waals surface area contributed by atoms with Gasteiger partial charge in [-0.15, -0.1) is 11.3 Å². The van der Waals surface area contributed by atoms with Gasteiger partial charge in [0.15, 0.2) is 0 Å². The van der Waals surface area contributed by atoms with Gasteiger partial charge in [0.05, 0.1) is 0 Å². The molecule has 0 saturated heterocycles. The van der Waals surface area contributed by atoms with Crippen LogP contribution in [0.4, 0.5) is 0 Å². The number of rotatable bonds is 4. The zero-order valence-electron chi connectivity index (χ0n) is 8.98. The molecule has 4 heteroatoms. The number of nitrogens with one attached hydrogen (secondary N) is 1. The van der Waals surface area contributed by atoms with Gasteiger partial charge in [-0.05, 0) is 36.3 Å². The number of hydrogen-bond donors (Lipinski definition) is 2. The summed E-state index contributed by atoms with van der Waals surface area (Å²) in [6.45, 7) is 0.617. The van der Waals surface area contributed by atoms with Crippen molar-refractivity contribution in [2.75, 3.05) is 6.54 Å². The van der Waals surface area contributed by atoms with Gasteiger partial charge in [-0.3, -0.25) is 0 Å². The molecule has 1 aromatic heterocycles. The first-order valence-corrected chi connectivity index (χ1v) is 6.34. The summed E-state index contributed by atoms with van der Waals surface area (Å²) in [5, 5.41) is 14.0. The smallest absolute Gasteiger partial charge is 0.328 e. The largest absolute Gasteiger partial charge is 0.478 e. The summed E-state index contributed by atoms with van der Waals surface area (Å²) in [5.74, 6) is -0.887. The Kier molecular flexibility index (Phi) is 3.74. The summed E-state index contributed by atoms with van der Waals surface area (Å²) in [7, 11) is 0. The van der Waals surface area contributed by atoms with Crippen LogP contribution in [0.5, 0.6) is 0 Å². The standard InChI is InChI=1S/C12H15NO2S/c14-12(15)5-2-7-13-10-3-1-4-11-9(10)6-8-16-11/h2,5-6,8,10,13H,1,3-4,7H2,(H,14,15)/b5-2+. The van der Waals surface area contributed by atoms with E-state index in [-0.39, 0.29) is 0 Å². The van der Waals surface area contributed by atoms with Gasteiger partial charge < -0.3 is 10.4 Å². The number of aliphatic carboxylic acids is 1. The van der Waals surface area contributed by atoms with Crippen molar-refractivity contribution < 1.29 is 9.90 Å². The number of hydrogen-bond acceptors (Lipinski definition) is 3. The van der Waals surface area contributed by atoms with E-state index in [0.717, 1.165) is 6.42 Å². The summed E-state index contributed by atoms with van der Waals surface area (Å²) in [4.78, 5) is 11.8. The Labute approximate surface area is 98.8 Å². The lowest BCUT2D eigenvalue weighted by molar-refractivity contribution is -0.131. The summed E-state index contributed by atoms with van der Waals surface area (Å²) in [5.41, 5.74) is 1.40. The molecule has 2 rings (SSSR count). The maximum Gasteiger partial charge on any atom is 0.328 e. The molecule has 0 aliphatic heterocycles. The van der Waals surface area contributed by atoms with Crippen molar-refractivity contribution in [3.8, 4) is 0 Å². The quantitative estimate of drug-likeness (QED) is 0.790. The van der Waals surface area contributed by atoms with Crippen LogP contribution in [0.3, 0.4) is 0 Å². The second-order valence-electron chi connectivity index (χ2n) is 3.89. The molecule has 1 aliphatic carbocycles. The van der Waals surface area contributed by atoms with E-state index < -0.39 is 5.97 Å². The van der Waals surface area contributed by atoms with E-state index in [4.69, 9.17) is 5.11 Å². The molecule has 0 radical (unpaired) electrons. The second kappa shape index (κ2) is 5.27. The van der Waals surface area contributed by atoms with Gasteiger partial charge in [-0.1, -0.05) is 6.08 Å². The summed E-state index contributed by atoms with van der Waals surface area (Å²) >= 11 is 1.82. The second-order valence-corrected chi connectivity index (χ2v) is 4.89. The van der Waals surface area contributed by atoms with Crippen LogP contribution < -0.4 is 5.32 Å². The maximum atomic E-state index is 10.3. The highest BCUT2D eigenvalue weighted by Gasteiger charge is 2.19. The highest BCUT2D eigenvalue weighted by Crippen LogP contribution is 2.32. The van der Waals surface area contributed by atoms with Gasteiger partial charge in [0, 0.05) is 23.5 Å². The molecule has 0 saturated carbocycles. The molecule has 1 aliphatic rings. The fourth-order valence-corrected chi connectivity index (χ4v) is 3.06. The van der Waals surface area contributed by atoms with Crippen molar-refractivity contribution >= 4 is 17.3 Å². The maximum absolute atomic E-state index is 10.3. The average Bonchev–Trinajstić information content (AvgIpc) is 2.72.